The van der Waals surface area contributed by atoms with E-state index in [0.717, 1.165) is 5.56 Å². The molecule has 0 saturated carbocycles. The van der Waals surface area contributed by atoms with Crippen molar-refractivity contribution in [3.8, 4) is 0 Å². The van der Waals surface area contributed by atoms with Gasteiger partial charge in [0.2, 0.25) is 5.91 Å². The van der Waals surface area contributed by atoms with Crippen LogP contribution < -0.4 is 0 Å². The molecular weight excluding hydrogens is 266 g/mol. The molecule has 0 aliphatic carbocycles. The predicted molar refractivity (Wildman–Crippen MR) is 79.5 cm³/mol. The summed E-state index contributed by atoms with van der Waals surface area (Å²) in [5.74, 6) is 0.649. The number of hydrogen-bond acceptors (Lipinski definition) is 3. The number of amides is 1. The van der Waals surface area contributed by atoms with Crippen LogP contribution in [0.2, 0.25) is 0 Å². The maximum Gasteiger partial charge on any atom is 0.247 e. The minimum absolute atomic E-state index is 0.0245. The Morgan fingerprint density at radius 2 is 2.05 bits per heavy atom. The third-order valence-electron chi connectivity index (χ3n) is 3.53. The summed E-state index contributed by atoms with van der Waals surface area (Å²) in [7, 11) is 0. The fourth-order valence-electron chi connectivity index (χ4n) is 2.45. The molecule has 1 aromatic heterocycles. The third kappa shape index (κ3) is 3.23. The van der Waals surface area contributed by atoms with E-state index in [4.69, 9.17) is 9.15 Å². The van der Waals surface area contributed by atoms with E-state index >= 15 is 0 Å². The number of hydrogen-bond donors (Lipinski definition) is 0. The fraction of sp³-hybridized carbons (Fsp3) is 0.235. The summed E-state index contributed by atoms with van der Waals surface area (Å²) in [5, 5.41) is 0. The highest BCUT2D eigenvalue weighted by Crippen LogP contribution is 2.24. The normalized spacial score (nSPS) is 19.0. The molecule has 1 aromatic carbocycles. The number of rotatable bonds is 3. The van der Waals surface area contributed by atoms with Crippen LogP contribution in [0.4, 0.5) is 0 Å². The van der Waals surface area contributed by atoms with E-state index in [2.05, 4.69) is 0 Å². The number of nitrogens with zero attached hydrogens (tertiary/aromatic N) is 1. The topological polar surface area (TPSA) is 42.7 Å². The highest BCUT2D eigenvalue weighted by Gasteiger charge is 2.27. The molecule has 4 nitrogen and oxygen atoms in total. The first-order valence-corrected chi connectivity index (χ1v) is 6.99. The van der Waals surface area contributed by atoms with Gasteiger partial charge in [0.05, 0.1) is 25.5 Å². The zero-order valence-electron chi connectivity index (χ0n) is 11.6. The molecule has 2 aromatic rings. The smallest absolute Gasteiger partial charge is 0.247 e. The van der Waals surface area contributed by atoms with Crippen molar-refractivity contribution in [2.24, 2.45) is 0 Å². The molecular formula is C17H17NO3. The molecule has 3 rings (SSSR count). The molecule has 4 heteroatoms. The maximum absolute atomic E-state index is 12.4. The Morgan fingerprint density at radius 3 is 2.81 bits per heavy atom. The van der Waals surface area contributed by atoms with Crippen LogP contribution in [0, 0.1) is 0 Å². The Morgan fingerprint density at radius 1 is 1.19 bits per heavy atom. The summed E-state index contributed by atoms with van der Waals surface area (Å²) in [6.07, 6.45) is 4.84. The minimum atomic E-state index is -0.0336. The Bertz CT molecular complexity index is 604. The molecule has 0 bridgehead atoms. The van der Waals surface area contributed by atoms with Gasteiger partial charge in [-0.25, -0.2) is 0 Å². The Labute approximate surface area is 123 Å². The van der Waals surface area contributed by atoms with Crippen molar-refractivity contribution in [1.82, 2.24) is 4.90 Å². The molecule has 108 valence electrons. The lowest BCUT2D eigenvalue weighted by Crippen LogP contribution is -2.42. The second kappa shape index (κ2) is 6.41. The lowest BCUT2D eigenvalue weighted by Gasteiger charge is -2.35. The molecule has 0 radical (unpaired) electrons. The SMILES string of the molecule is O=C(/C=C/c1ccco1)N1CCOC[C@H]1c1ccccc1. The molecule has 0 unspecified atom stereocenters. The van der Waals surface area contributed by atoms with Crippen molar-refractivity contribution >= 4 is 12.0 Å². The first-order valence-electron chi connectivity index (χ1n) is 6.99. The Hall–Kier alpha value is -2.33. The average molecular weight is 283 g/mol. The summed E-state index contributed by atoms with van der Waals surface area (Å²) >= 11 is 0. The minimum Gasteiger partial charge on any atom is -0.465 e. The van der Waals surface area contributed by atoms with E-state index in [-0.39, 0.29) is 11.9 Å². The fourth-order valence-corrected chi connectivity index (χ4v) is 2.45. The van der Waals surface area contributed by atoms with Crippen molar-refractivity contribution in [2.45, 2.75) is 6.04 Å². The van der Waals surface area contributed by atoms with Crippen molar-refractivity contribution < 1.29 is 13.9 Å². The highest BCUT2D eigenvalue weighted by atomic mass is 16.5. The van der Waals surface area contributed by atoms with Crippen LogP contribution in [0.1, 0.15) is 17.4 Å². The van der Waals surface area contributed by atoms with E-state index in [9.17, 15) is 4.79 Å². The molecule has 0 N–H and O–H groups in total. The number of ether oxygens (including phenoxy) is 1. The van der Waals surface area contributed by atoms with E-state index < -0.39 is 0 Å². The van der Waals surface area contributed by atoms with Crippen LogP contribution in [0.25, 0.3) is 6.08 Å². The van der Waals surface area contributed by atoms with Gasteiger partial charge in [-0.2, -0.15) is 0 Å². The second-order valence-corrected chi connectivity index (χ2v) is 4.88. The zero-order valence-corrected chi connectivity index (χ0v) is 11.6. The predicted octanol–water partition coefficient (Wildman–Crippen LogP) is 2.89. The summed E-state index contributed by atoms with van der Waals surface area (Å²) in [6, 6.07) is 13.6. The van der Waals surface area contributed by atoms with E-state index in [1.807, 2.05) is 41.3 Å². The number of carbonyl (C=O) groups excluding carboxylic acids is 1. The number of furan rings is 1. The first kappa shape index (κ1) is 13.6. The van der Waals surface area contributed by atoms with Gasteiger partial charge in [0, 0.05) is 12.6 Å². The average Bonchev–Trinajstić information content (AvgIpc) is 3.07. The van der Waals surface area contributed by atoms with Gasteiger partial charge in [0.15, 0.2) is 0 Å². The largest absolute Gasteiger partial charge is 0.465 e. The summed E-state index contributed by atoms with van der Waals surface area (Å²) < 4.78 is 10.7. The van der Waals surface area contributed by atoms with E-state index in [1.165, 1.54) is 0 Å². The first-order chi connectivity index (χ1) is 10.3. The number of benzene rings is 1. The second-order valence-electron chi connectivity index (χ2n) is 4.88. The molecule has 1 amide bonds. The maximum atomic E-state index is 12.4. The van der Waals surface area contributed by atoms with Crippen LogP contribution >= 0.6 is 0 Å². The van der Waals surface area contributed by atoms with E-state index in [0.29, 0.717) is 25.5 Å². The van der Waals surface area contributed by atoms with Crippen LogP contribution in [0.15, 0.2) is 59.2 Å². The molecule has 0 spiro atoms. The summed E-state index contributed by atoms with van der Waals surface area (Å²) in [6.45, 7) is 1.70. The third-order valence-corrected chi connectivity index (χ3v) is 3.53. The van der Waals surface area contributed by atoms with Gasteiger partial charge in [-0.3, -0.25) is 4.79 Å². The van der Waals surface area contributed by atoms with E-state index in [1.54, 1.807) is 24.5 Å². The zero-order chi connectivity index (χ0) is 14.5. The van der Waals surface area contributed by atoms with Crippen LogP contribution in [-0.4, -0.2) is 30.6 Å². The van der Waals surface area contributed by atoms with Crippen molar-refractivity contribution in [3.63, 3.8) is 0 Å². The van der Waals surface area contributed by atoms with Gasteiger partial charge < -0.3 is 14.1 Å². The molecule has 1 aliphatic rings. The summed E-state index contributed by atoms with van der Waals surface area (Å²) in [5.41, 5.74) is 1.09. The number of carbonyl (C=O) groups is 1. The van der Waals surface area contributed by atoms with Gasteiger partial charge in [0.25, 0.3) is 0 Å². The molecule has 2 heterocycles. The Kier molecular flexibility index (Phi) is 4.17. The molecule has 21 heavy (non-hydrogen) atoms. The van der Waals surface area contributed by atoms with Crippen molar-refractivity contribution in [2.75, 3.05) is 19.8 Å². The van der Waals surface area contributed by atoms with Gasteiger partial charge >= 0.3 is 0 Å². The Balaban J connectivity index is 1.76. The van der Waals surface area contributed by atoms with Crippen LogP contribution in [0.3, 0.4) is 0 Å². The van der Waals surface area contributed by atoms with Crippen molar-refractivity contribution in [3.05, 3.63) is 66.1 Å². The standard InChI is InChI=1S/C17H17NO3/c19-17(9-8-15-7-4-11-21-15)18-10-12-20-13-16(18)14-5-2-1-3-6-14/h1-9,11,16H,10,12-13H2/b9-8+/t16-/m0/s1. The molecule has 1 fully saturated rings. The molecule has 1 saturated heterocycles. The van der Waals surface area contributed by atoms with Crippen LogP contribution in [0.5, 0.6) is 0 Å². The lowest BCUT2D eigenvalue weighted by molar-refractivity contribution is -0.134. The van der Waals surface area contributed by atoms with Crippen molar-refractivity contribution in [1.29, 1.82) is 0 Å². The van der Waals surface area contributed by atoms with Gasteiger partial charge in [-0.05, 0) is 23.8 Å². The van der Waals surface area contributed by atoms with Gasteiger partial charge in [0.1, 0.15) is 5.76 Å². The summed E-state index contributed by atoms with van der Waals surface area (Å²) in [4.78, 5) is 14.3. The lowest BCUT2D eigenvalue weighted by atomic mass is 10.0. The van der Waals surface area contributed by atoms with Gasteiger partial charge in [-0.1, -0.05) is 30.3 Å². The molecule has 1 atom stereocenters. The molecule has 1 aliphatic heterocycles. The van der Waals surface area contributed by atoms with Crippen LogP contribution in [-0.2, 0) is 9.53 Å². The highest BCUT2D eigenvalue weighted by molar-refractivity contribution is 5.91. The monoisotopic (exact) mass is 283 g/mol. The quantitative estimate of drug-likeness (QED) is 0.813. The van der Waals surface area contributed by atoms with Gasteiger partial charge in [-0.15, -0.1) is 0 Å². The number of morpholine rings is 1.